The van der Waals surface area contributed by atoms with Crippen LogP contribution in [0.4, 0.5) is 22.7 Å². The van der Waals surface area contributed by atoms with Crippen LogP contribution in [0.2, 0.25) is 0 Å². The number of hydrogen-bond acceptors (Lipinski definition) is 8. The van der Waals surface area contributed by atoms with Crippen LogP contribution in [0, 0.1) is 21.7 Å². The smallest absolute Gasteiger partial charge is 0.0953 e. The highest BCUT2D eigenvalue weighted by molar-refractivity contribution is 6.23. The van der Waals surface area contributed by atoms with Gasteiger partial charge in [-0.15, -0.1) is 0 Å². The normalized spacial score (nSPS) is 20.3. The third-order valence-electron chi connectivity index (χ3n) is 9.62. The summed E-state index contributed by atoms with van der Waals surface area (Å²) in [7, 11) is 0. The molecule has 1 aromatic rings. The first-order valence-corrected chi connectivity index (χ1v) is 17.5. The van der Waals surface area contributed by atoms with Crippen LogP contribution in [0.15, 0.2) is 125 Å². The average molecular weight is 667 g/mol. The van der Waals surface area contributed by atoms with E-state index in [1.165, 1.54) is 0 Å². The fourth-order valence-corrected chi connectivity index (χ4v) is 7.62. The topological polar surface area (TPSA) is 126 Å². The summed E-state index contributed by atoms with van der Waals surface area (Å²) < 4.78 is 0. The van der Waals surface area contributed by atoms with Gasteiger partial charge in [0.2, 0.25) is 0 Å². The Morgan fingerprint density at radius 1 is 0.440 bits per heavy atom. The molecule has 0 aliphatic carbocycles. The standard InChI is InChI=1S/C42H50N8/c1-39(2,3)31-23-13-14-24(45-23)32(40(4,5)6)26-16-18-28(47-26)34(42(10,11)12)36-38-37(48-29-19-21(43)22(44)20-30(29)49-38)35(50-36)33(41(7,8)9)27-17-15-25(31)46-27/h13-20,48-49H,43-44H2,1-12H3. The molecule has 1 aromatic carbocycles. The van der Waals surface area contributed by atoms with Gasteiger partial charge in [-0.3, -0.25) is 0 Å². The fourth-order valence-electron chi connectivity index (χ4n) is 7.62. The van der Waals surface area contributed by atoms with E-state index in [0.717, 1.165) is 90.7 Å². The Bertz CT molecular complexity index is 2170. The van der Waals surface area contributed by atoms with Gasteiger partial charge in [0, 0.05) is 22.3 Å². The van der Waals surface area contributed by atoms with Crippen molar-refractivity contribution in [3.05, 3.63) is 105 Å². The predicted octanol–water partition coefficient (Wildman–Crippen LogP) is 9.60. The summed E-state index contributed by atoms with van der Waals surface area (Å²) in [4.78, 5) is 21.7. The van der Waals surface area contributed by atoms with Crippen molar-refractivity contribution in [1.29, 1.82) is 0 Å². The molecule has 6 aliphatic heterocycles. The van der Waals surface area contributed by atoms with Gasteiger partial charge < -0.3 is 22.1 Å². The number of nitrogen functional groups attached to an aromatic ring is 2. The van der Waals surface area contributed by atoms with E-state index >= 15 is 0 Å². The van der Waals surface area contributed by atoms with Gasteiger partial charge in [0.15, 0.2) is 0 Å². The van der Waals surface area contributed by atoms with Crippen molar-refractivity contribution in [2.24, 2.45) is 41.6 Å². The maximum absolute atomic E-state index is 6.32. The first kappa shape index (κ1) is 33.5. The summed E-state index contributed by atoms with van der Waals surface area (Å²) in [5.41, 5.74) is 27.5. The summed E-state index contributed by atoms with van der Waals surface area (Å²) in [6, 6.07) is 3.77. The molecule has 6 aliphatic rings. The van der Waals surface area contributed by atoms with Crippen LogP contribution in [0.25, 0.3) is 0 Å². The lowest BCUT2D eigenvalue weighted by atomic mass is 9.80. The first-order valence-electron chi connectivity index (χ1n) is 17.5. The van der Waals surface area contributed by atoms with Gasteiger partial charge in [0.1, 0.15) is 0 Å². The molecule has 8 heteroatoms. The second-order valence-electron chi connectivity index (χ2n) is 18.0. The highest BCUT2D eigenvalue weighted by atomic mass is 15.1. The number of allylic oxidation sites excluding steroid dienone is 10. The lowest BCUT2D eigenvalue weighted by Crippen LogP contribution is -2.26. The molecule has 0 fully saturated rings. The number of aliphatic imine (C=N–C) groups is 4. The van der Waals surface area contributed by atoms with Gasteiger partial charge in [-0.1, -0.05) is 83.1 Å². The molecule has 0 saturated carbocycles. The minimum Gasteiger partial charge on any atom is -0.397 e. The molecule has 0 atom stereocenters. The number of hydrogen-bond donors (Lipinski definition) is 4. The van der Waals surface area contributed by atoms with Gasteiger partial charge in [-0.25, -0.2) is 20.0 Å². The van der Waals surface area contributed by atoms with Gasteiger partial charge in [0.25, 0.3) is 0 Å². The number of nitrogens with two attached hydrogens (primary N) is 2. The molecular formula is C42H50N8. The van der Waals surface area contributed by atoms with Crippen LogP contribution in [0.5, 0.6) is 0 Å². The van der Waals surface area contributed by atoms with Crippen LogP contribution in [0.3, 0.4) is 0 Å². The lowest BCUT2D eigenvalue weighted by molar-refractivity contribution is 0.518. The molecule has 7 rings (SSSR count). The Morgan fingerprint density at radius 2 is 0.800 bits per heavy atom. The summed E-state index contributed by atoms with van der Waals surface area (Å²) in [5.74, 6) is 0. The minimum atomic E-state index is -0.323. The molecule has 0 aromatic heterocycles. The van der Waals surface area contributed by atoms with Crippen molar-refractivity contribution in [2.45, 2.75) is 83.1 Å². The molecule has 6 N–H and O–H groups in total. The Kier molecular flexibility index (Phi) is 7.21. The van der Waals surface area contributed by atoms with Crippen molar-refractivity contribution in [3.8, 4) is 0 Å². The maximum atomic E-state index is 6.32. The Hall–Kier alpha value is -4.98. The second-order valence-corrected chi connectivity index (χ2v) is 18.0. The van der Waals surface area contributed by atoms with E-state index in [9.17, 15) is 0 Å². The van der Waals surface area contributed by atoms with E-state index in [4.69, 9.17) is 31.4 Å². The summed E-state index contributed by atoms with van der Waals surface area (Å²) in [6.07, 6.45) is 12.8. The van der Waals surface area contributed by atoms with Crippen molar-refractivity contribution in [1.82, 2.24) is 0 Å². The van der Waals surface area contributed by atoms with Crippen LogP contribution in [0.1, 0.15) is 83.1 Å². The molecule has 0 spiro atoms. The zero-order chi connectivity index (χ0) is 36.3. The Balaban J connectivity index is 1.63. The number of nitrogens with one attached hydrogen (secondary N) is 2. The largest absolute Gasteiger partial charge is 0.397 e. The van der Waals surface area contributed by atoms with Gasteiger partial charge in [-0.05, 0) is 70.2 Å². The molecule has 258 valence electrons. The molecular weight excluding hydrogens is 617 g/mol. The van der Waals surface area contributed by atoms with Crippen molar-refractivity contribution in [2.75, 3.05) is 22.1 Å². The highest BCUT2D eigenvalue weighted by Gasteiger charge is 2.41. The van der Waals surface area contributed by atoms with Gasteiger partial charge in [-0.2, -0.15) is 0 Å². The zero-order valence-corrected chi connectivity index (χ0v) is 31.6. The van der Waals surface area contributed by atoms with E-state index in [0.29, 0.717) is 11.4 Å². The molecule has 8 bridgehead atoms. The Labute approximate surface area is 296 Å². The average Bonchev–Trinajstić information content (AvgIpc) is 3.76. The van der Waals surface area contributed by atoms with Crippen molar-refractivity contribution < 1.29 is 0 Å². The SMILES string of the molecule is CC(C)(C)C1=C2C=CC(=N2)C(C(C)(C)C)=C2C=CC(=N2)C(C(C)(C)C)=C2N=C(C3=C2Nc2cc(N)c(N)cc2N3)C(C(C)(C)C)=C2C=CC1=N2. The van der Waals surface area contributed by atoms with Gasteiger partial charge in [0.05, 0.1) is 79.8 Å². The quantitative estimate of drug-likeness (QED) is 0.206. The first-order chi connectivity index (χ1) is 23.1. The summed E-state index contributed by atoms with van der Waals surface area (Å²) in [5, 5.41) is 7.47. The third-order valence-corrected chi connectivity index (χ3v) is 9.62. The number of nitrogens with zero attached hydrogens (tertiary/aromatic N) is 4. The molecule has 0 unspecified atom stereocenters. The number of anilines is 4. The van der Waals surface area contributed by atoms with E-state index in [2.05, 4.69) is 130 Å². The minimum absolute atomic E-state index is 0.226. The third kappa shape index (κ3) is 5.45. The highest BCUT2D eigenvalue weighted by Crippen LogP contribution is 2.48. The van der Waals surface area contributed by atoms with E-state index < -0.39 is 0 Å². The van der Waals surface area contributed by atoms with Crippen molar-refractivity contribution >= 4 is 45.6 Å². The molecule has 0 radical (unpaired) electrons. The predicted molar refractivity (Wildman–Crippen MR) is 213 cm³/mol. The molecule has 6 heterocycles. The van der Waals surface area contributed by atoms with Crippen LogP contribution in [-0.4, -0.2) is 22.8 Å². The van der Waals surface area contributed by atoms with Crippen molar-refractivity contribution in [3.63, 3.8) is 0 Å². The van der Waals surface area contributed by atoms with E-state index in [1.54, 1.807) is 0 Å². The molecule has 50 heavy (non-hydrogen) atoms. The maximum Gasteiger partial charge on any atom is 0.0953 e. The van der Waals surface area contributed by atoms with E-state index in [-0.39, 0.29) is 21.7 Å². The Morgan fingerprint density at radius 3 is 1.20 bits per heavy atom. The number of benzene rings is 1. The molecule has 8 nitrogen and oxygen atoms in total. The molecule has 0 amide bonds. The number of rotatable bonds is 0. The number of fused-ring (bicyclic) bond motifs is 7. The zero-order valence-electron chi connectivity index (χ0n) is 31.6. The fraction of sp³-hybridized carbons (Fsp3) is 0.381. The summed E-state index contributed by atoms with van der Waals surface area (Å²) >= 11 is 0. The van der Waals surface area contributed by atoms with Crippen LogP contribution >= 0.6 is 0 Å². The molecule has 0 saturated heterocycles. The van der Waals surface area contributed by atoms with Gasteiger partial charge >= 0.3 is 0 Å². The second kappa shape index (κ2) is 10.8. The van der Waals surface area contributed by atoms with Crippen LogP contribution in [-0.2, 0) is 0 Å². The summed E-state index contributed by atoms with van der Waals surface area (Å²) in [6.45, 7) is 26.7. The monoisotopic (exact) mass is 666 g/mol. The lowest BCUT2D eigenvalue weighted by Gasteiger charge is -2.29. The van der Waals surface area contributed by atoms with E-state index in [1.807, 2.05) is 12.1 Å². The van der Waals surface area contributed by atoms with Crippen LogP contribution < -0.4 is 22.1 Å².